The number of halogens is 3. The van der Waals surface area contributed by atoms with Crippen molar-refractivity contribution >= 4 is 34.9 Å². The Hall–Kier alpha value is -3.89. The molecule has 0 spiro atoms. The molecule has 1 aliphatic rings. The van der Waals surface area contributed by atoms with Gasteiger partial charge in [-0.25, -0.2) is 4.98 Å². The van der Waals surface area contributed by atoms with Crippen LogP contribution in [-0.4, -0.2) is 27.9 Å². The molecule has 11 heteroatoms. The average Bonchev–Trinajstić information content (AvgIpc) is 3.13. The van der Waals surface area contributed by atoms with Gasteiger partial charge in [0.1, 0.15) is 11.4 Å². The highest BCUT2D eigenvalue weighted by Gasteiger charge is 2.35. The zero-order chi connectivity index (χ0) is 22.0. The fourth-order valence-electron chi connectivity index (χ4n) is 3.22. The maximum Gasteiger partial charge on any atom is 0.421 e. The zero-order valence-corrected chi connectivity index (χ0v) is 16.3. The quantitative estimate of drug-likeness (QED) is 0.538. The summed E-state index contributed by atoms with van der Waals surface area (Å²) in [6.07, 6.45) is -2.21. The molecule has 0 unspecified atom stereocenters. The van der Waals surface area contributed by atoms with E-state index in [1.54, 1.807) is 43.6 Å². The van der Waals surface area contributed by atoms with Crippen LogP contribution in [0.25, 0.3) is 5.32 Å². The summed E-state index contributed by atoms with van der Waals surface area (Å²) in [6, 6.07) is 8.56. The minimum atomic E-state index is -4.64. The summed E-state index contributed by atoms with van der Waals surface area (Å²) < 4.78 is 40.5. The molecule has 2 aromatic heterocycles. The Labute approximate surface area is 175 Å². The number of nitrogens with one attached hydrogen (secondary N) is 3. The Bertz CT molecular complexity index is 1130. The van der Waals surface area contributed by atoms with Gasteiger partial charge in [-0.3, -0.25) is 4.79 Å². The van der Waals surface area contributed by atoms with E-state index in [0.717, 1.165) is 6.20 Å². The van der Waals surface area contributed by atoms with Gasteiger partial charge in [-0.05, 0) is 17.7 Å². The molecule has 1 aliphatic heterocycles. The van der Waals surface area contributed by atoms with E-state index >= 15 is 0 Å². The van der Waals surface area contributed by atoms with Crippen LogP contribution in [0.2, 0.25) is 0 Å². The predicted molar refractivity (Wildman–Crippen MR) is 110 cm³/mol. The molecule has 4 rings (SSSR count). The van der Waals surface area contributed by atoms with E-state index in [1.165, 1.54) is 0 Å². The number of pyridine rings is 1. The maximum atomic E-state index is 13.5. The summed E-state index contributed by atoms with van der Waals surface area (Å²) in [5.41, 5.74) is 1.52. The first-order valence-electron chi connectivity index (χ1n) is 9.25. The van der Waals surface area contributed by atoms with E-state index in [1.807, 2.05) is 0 Å². The first-order chi connectivity index (χ1) is 14.8. The number of hydrogen-bond acceptors (Lipinski definition) is 6. The first kappa shape index (κ1) is 20.4. The topological polar surface area (TPSA) is 106 Å². The van der Waals surface area contributed by atoms with Crippen LogP contribution in [0.5, 0.6) is 0 Å². The number of aromatic nitrogens is 3. The Morgan fingerprint density at radius 3 is 2.81 bits per heavy atom. The Kier molecular flexibility index (Phi) is 5.32. The van der Waals surface area contributed by atoms with Crippen molar-refractivity contribution in [2.24, 2.45) is 0 Å². The first-order valence-corrected chi connectivity index (χ1v) is 9.25. The van der Waals surface area contributed by atoms with Crippen molar-refractivity contribution < 1.29 is 18.0 Å². The smallest absolute Gasteiger partial charge is 0.421 e. The molecule has 0 atom stereocenters. The number of amides is 1. The number of nitrogens with zero attached hydrogens (tertiary/aromatic N) is 4. The van der Waals surface area contributed by atoms with Gasteiger partial charge in [0.15, 0.2) is 0 Å². The van der Waals surface area contributed by atoms with Crippen LogP contribution in [-0.2, 0) is 23.9 Å². The van der Waals surface area contributed by atoms with E-state index < -0.39 is 11.7 Å². The van der Waals surface area contributed by atoms with Crippen LogP contribution in [0, 0.1) is 0 Å². The lowest BCUT2D eigenvalue weighted by molar-refractivity contribution is -0.137. The summed E-state index contributed by atoms with van der Waals surface area (Å²) in [5, 5.41) is 12.4. The molecule has 1 amide bonds. The maximum absolute atomic E-state index is 13.5. The van der Waals surface area contributed by atoms with Crippen LogP contribution in [0.3, 0.4) is 0 Å². The second-order valence-corrected chi connectivity index (χ2v) is 6.70. The summed E-state index contributed by atoms with van der Waals surface area (Å²) in [7, 11) is 1.55. The fourth-order valence-corrected chi connectivity index (χ4v) is 3.22. The number of alkyl halides is 3. The van der Waals surface area contributed by atoms with Gasteiger partial charge in [0.05, 0.1) is 6.42 Å². The fraction of sp³-hybridized carbons (Fsp3) is 0.200. The molecule has 3 heterocycles. The minimum absolute atomic E-state index is 0.0326. The molecular formula is C20H17F3N7O-. The highest BCUT2D eigenvalue weighted by Crippen LogP contribution is 2.36. The van der Waals surface area contributed by atoms with Gasteiger partial charge in [-0.1, -0.05) is 37.3 Å². The molecule has 8 nitrogen and oxygen atoms in total. The van der Waals surface area contributed by atoms with Crippen molar-refractivity contribution in [2.75, 3.05) is 23.0 Å². The van der Waals surface area contributed by atoms with Crippen LogP contribution < -0.4 is 16.0 Å². The molecule has 0 fully saturated rings. The van der Waals surface area contributed by atoms with E-state index in [2.05, 4.69) is 36.2 Å². The second kappa shape index (κ2) is 8.09. The standard InChI is InChI=1S/C20H18F3N7O/c1-24-17-11(4-3-7-25-17)9-26-18-13(20(21,22)23)10-27-19(30-18)29-15-6-2-5-14-12(15)8-16(31)28-14/h2-7,10H,8-9H2,1H3,(H4,24,25,26,27,28,29,30,31)/p-1. The molecule has 3 aromatic rings. The summed E-state index contributed by atoms with van der Waals surface area (Å²) in [5.74, 6) is -0.144. The molecule has 31 heavy (non-hydrogen) atoms. The Morgan fingerprint density at radius 1 is 1.19 bits per heavy atom. The van der Waals surface area contributed by atoms with Gasteiger partial charge < -0.3 is 26.3 Å². The van der Waals surface area contributed by atoms with Crippen molar-refractivity contribution in [3.05, 3.63) is 64.7 Å². The summed E-state index contributed by atoms with van der Waals surface area (Å²) in [4.78, 5) is 23.6. The van der Waals surface area contributed by atoms with Crippen LogP contribution >= 0.6 is 0 Å². The van der Waals surface area contributed by atoms with Crippen molar-refractivity contribution in [3.8, 4) is 0 Å². The van der Waals surface area contributed by atoms with Gasteiger partial charge in [0, 0.05) is 29.7 Å². The molecular weight excluding hydrogens is 411 g/mol. The molecule has 0 saturated heterocycles. The summed E-state index contributed by atoms with van der Waals surface area (Å²) >= 11 is 0. The Balaban J connectivity index is 1.63. The average molecular weight is 428 g/mol. The van der Waals surface area contributed by atoms with Gasteiger partial charge in [-0.2, -0.15) is 18.2 Å². The third-order valence-electron chi connectivity index (χ3n) is 4.65. The van der Waals surface area contributed by atoms with Crippen LogP contribution in [0.1, 0.15) is 16.7 Å². The zero-order valence-electron chi connectivity index (χ0n) is 16.3. The normalized spacial score (nSPS) is 12.8. The lowest BCUT2D eigenvalue weighted by Crippen LogP contribution is -2.14. The van der Waals surface area contributed by atoms with Gasteiger partial charge in [0.25, 0.3) is 0 Å². The number of rotatable bonds is 6. The number of benzene rings is 1. The number of carbonyl (C=O) groups is 1. The monoisotopic (exact) mass is 428 g/mol. The lowest BCUT2D eigenvalue weighted by atomic mass is 10.1. The molecule has 0 bridgehead atoms. The van der Waals surface area contributed by atoms with Gasteiger partial charge in [0.2, 0.25) is 11.9 Å². The van der Waals surface area contributed by atoms with Crippen LogP contribution in [0.15, 0.2) is 42.7 Å². The van der Waals surface area contributed by atoms with Crippen molar-refractivity contribution in [1.82, 2.24) is 15.0 Å². The third kappa shape index (κ3) is 4.34. The highest BCUT2D eigenvalue weighted by molar-refractivity contribution is 6.01. The third-order valence-corrected chi connectivity index (χ3v) is 4.65. The minimum Gasteiger partial charge on any atom is -0.469 e. The van der Waals surface area contributed by atoms with E-state index in [-0.39, 0.29) is 30.6 Å². The number of carbonyl (C=O) groups excluding carboxylic acids is 1. The van der Waals surface area contributed by atoms with Crippen LogP contribution in [0.4, 0.5) is 42.1 Å². The molecule has 160 valence electrons. The molecule has 1 aromatic carbocycles. The predicted octanol–water partition coefficient (Wildman–Crippen LogP) is 4.38. The van der Waals surface area contributed by atoms with Crippen molar-refractivity contribution in [1.29, 1.82) is 0 Å². The van der Waals surface area contributed by atoms with Crippen molar-refractivity contribution in [3.63, 3.8) is 0 Å². The summed E-state index contributed by atoms with van der Waals surface area (Å²) in [6.45, 7) is 0.0409. The van der Waals surface area contributed by atoms with Crippen molar-refractivity contribution in [2.45, 2.75) is 19.1 Å². The number of anilines is 4. The molecule has 0 saturated carbocycles. The largest absolute Gasteiger partial charge is 0.469 e. The van der Waals surface area contributed by atoms with E-state index in [4.69, 9.17) is 0 Å². The lowest BCUT2D eigenvalue weighted by Gasteiger charge is -2.18. The second-order valence-electron chi connectivity index (χ2n) is 6.70. The molecule has 0 radical (unpaired) electrons. The Morgan fingerprint density at radius 2 is 2.03 bits per heavy atom. The number of fused-ring (bicyclic) bond motifs is 1. The molecule has 0 aliphatic carbocycles. The van der Waals surface area contributed by atoms with Gasteiger partial charge >= 0.3 is 6.18 Å². The SMILES string of the molecule is C[N-]c1ncccc1CNc1nc(Nc2cccc3c2CC(=O)N3)ncc1C(F)(F)F. The van der Waals surface area contributed by atoms with E-state index in [9.17, 15) is 18.0 Å². The highest BCUT2D eigenvalue weighted by atomic mass is 19.4. The number of hydrogen-bond donors (Lipinski definition) is 3. The molecule has 3 N–H and O–H groups in total. The van der Waals surface area contributed by atoms with Gasteiger partial charge in [-0.15, -0.1) is 0 Å². The van der Waals surface area contributed by atoms with E-state index in [0.29, 0.717) is 28.3 Å².